The Morgan fingerprint density at radius 2 is 2.04 bits per heavy atom. The largest absolute Gasteiger partial charge is 0.322 e. The molecule has 122 valence electrons. The third-order valence-corrected chi connectivity index (χ3v) is 4.33. The lowest BCUT2D eigenvalue weighted by Gasteiger charge is -2.05. The van der Waals surface area contributed by atoms with Crippen LogP contribution in [0.25, 0.3) is 10.1 Å². The van der Waals surface area contributed by atoms with Crippen molar-refractivity contribution in [1.82, 2.24) is 3.96 Å². The molecule has 0 spiro atoms. The van der Waals surface area contributed by atoms with Gasteiger partial charge in [-0.25, -0.2) is 4.39 Å². The van der Waals surface area contributed by atoms with E-state index in [9.17, 15) is 24.1 Å². The molecule has 1 amide bonds. The van der Waals surface area contributed by atoms with Gasteiger partial charge in [0, 0.05) is 12.1 Å². The lowest BCUT2D eigenvalue weighted by molar-refractivity contribution is -0.384. The Hall–Kier alpha value is -3.07. The fraction of sp³-hybridized carbons (Fsp3) is 0.0667. The number of carbonyl (C=O) groups excluding carboxylic acids is 1. The van der Waals surface area contributed by atoms with Gasteiger partial charge in [0.15, 0.2) is 0 Å². The van der Waals surface area contributed by atoms with Gasteiger partial charge in [-0.2, -0.15) is 0 Å². The third kappa shape index (κ3) is 3.01. The number of halogens is 1. The van der Waals surface area contributed by atoms with Crippen molar-refractivity contribution in [3.63, 3.8) is 0 Å². The number of non-ortho nitro benzene ring substituents is 1. The van der Waals surface area contributed by atoms with Crippen LogP contribution in [-0.2, 0) is 11.3 Å². The van der Waals surface area contributed by atoms with Gasteiger partial charge >= 0.3 is 0 Å². The molecule has 0 aliphatic heterocycles. The molecule has 0 fully saturated rings. The average Bonchev–Trinajstić information content (AvgIpc) is 2.85. The molecule has 1 aromatic heterocycles. The zero-order valence-corrected chi connectivity index (χ0v) is 12.9. The Balaban J connectivity index is 1.86. The molecular weight excluding hydrogens is 337 g/mol. The molecule has 0 saturated heterocycles. The minimum atomic E-state index is -0.579. The number of nitro benzene ring substituents is 1. The summed E-state index contributed by atoms with van der Waals surface area (Å²) in [5.41, 5.74) is -0.535. The summed E-state index contributed by atoms with van der Waals surface area (Å²) in [5.74, 6) is -1.14. The smallest absolute Gasteiger partial charge is 0.270 e. The van der Waals surface area contributed by atoms with Gasteiger partial charge in [0.2, 0.25) is 5.91 Å². The summed E-state index contributed by atoms with van der Waals surface area (Å²) in [6.45, 7) is -0.305. The van der Waals surface area contributed by atoms with Crippen molar-refractivity contribution in [3.05, 3.63) is 68.7 Å². The van der Waals surface area contributed by atoms with Crippen LogP contribution >= 0.6 is 11.5 Å². The van der Waals surface area contributed by atoms with Gasteiger partial charge < -0.3 is 5.32 Å². The fourth-order valence-corrected chi connectivity index (χ4v) is 3.19. The fourth-order valence-electron chi connectivity index (χ4n) is 2.16. The minimum absolute atomic E-state index is 0.0206. The van der Waals surface area contributed by atoms with E-state index in [-0.39, 0.29) is 17.9 Å². The topological polar surface area (TPSA) is 94.2 Å². The Labute approximate surface area is 138 Å². The van der Waals surface area contributed by atoms with E-state index in [1.807, 2.05) is 0 Å². The minimum Gasteiger partial charge on any atom is -0.322 e. The summed E-state index contributed by atoms with van der Waals surface area (Å²) >= 11 is 0.944. The van der Waals surface area contributed by atoms with Crippen LogP contribution in [0, 0.1) is 15.9 Å². The molecule has 0 aliphatic rings. The molecule has 24 heavy (non-hydrogen) atoms. The van der Waals surface area contributed by atoms with Crippen molar-refractivity contribution in [3.8, 4) is 0 Å². The number of amides is 1. The Kier molecular flexibility index (Phi) is 4.09. The highest BCUT2D eigenvalue weighted by molar-refractivity contribution is 7.13. The van der Waals surface area contributed by atoms with Crippen molar-refractivity contribution in [1.29, 1.82) is 0 Å². The highest BCUT2D eigenvalue weighted by Gasteiger charge is 2.15. The van der Waals surface area contributed by atoms with E-state index >= 15 is 0 Å². The van der Waals surface area contributed by atoms with Crippen LogP contribution < -0.4 is 10.9 Å². The second kappa shape index (κ2) is 6.20. The number of aromatic nitrogens is 1. The molecule has 0 bridgehead atoms. The number of nitrogens with zero attached hydrogens (tertiary/aromatic N) is 2. The van der Waals surface area contributed by atoms with Crippen molar-refractivity contribution in [2.45, 2.75) is 6.54 Å². The van der Waals surface area contributed by atoms with Crippen LogP contribution in [0.1, 0.15) is 0 Å². The van der Waals surface area contributed by atoms with Crippen molar-refractivity contribution < 1.29 is 14.1 Å². The summed E-state index contributed by atoms with van der Waals surface area (Å²) in [4.78, 5) is 34.4. The summed E-state index contributed by atoms with van der Waals surface area (Å²) in [5, 5.41) is 13.5. The van der Waals surface area contributed by atoms with Crippen LogP contribution in [0.15, 0.2) is 47.3 Å². The molecule has 1 heterocycles. The molecule has 7 nitrogen and oxygen atoms in total. The Morgan fingerprint density at radius 3 is 2.75 bits per heavy atom. The molecular formula is C15H10FN3O4S. The number of nitrogens with one attached hydrogen (secondary N) is 1. The number of fused-ring (bicyclic) bond motifs is 1. The molecule has 0 radical (unpaired) electrons. The first-order chi connectivity index (χ1) is 11.5. The Bertz CT molecular complexity index is 1010. The van der Waals surface area contributed by atoms with Crippen LogP contribution in [0.4, 0.5) is 15.8 Å². The zero-order chi connectivity index (χ0) is 17.3. The predicted molar refractivity (Wildman–Crippen MR) is 87.8 cm³/mol. The van der Waals surface area contributed by atoms with E-state index in [4.69, 9.17) is 0 Å². The van der Waals surface area contributed by atoms with Gasteiger partial charge in [-0.15, -0.1) is 0 Å². The van der Waals surface area contributed by atoms with E-state index in [1.165, 1.54) is 40.4 Å². The van der Waals surface area contributed by atoms with Gasteiger partial charge in [-0.05, 0) is 18.2 Å². The van der Waals surface area contributed by atoms with E-state index in [0.717, 1.165) is 11.5 Å². The quantitative estimate of drug-likeness (QED) is 0.580. The molecule has 9 heteroatoms. The molecule has 3 aromatic rings. The first-order valence-corrected chi connectivity index (χ1v) is 7.55. The van der Waals surface area contributed by atoms with Crippen LogP contribution in [0.5, 0.6) is 0 Å². The maximum Gasteiger partial charge on any atom is 0.270 e. The highest BCUT2D eigenvalue weighted by atomic mass is 32.1. The number of nitro groups is 1. The van der Waals surface area contributed by atoms with Crippen LogP contribution in [-0.4, -0.2) is 14.8 Å². The first kappa shape index (κ1) is 15.8. The number of hydrogen-bond donors (Lipinski definition) is 1. The normalized spacial score (nSPS) is 10.7. The Morgan fingerprint density at radius 1 is 1.29 bits per heavy atom. The van der Waals surface area contributed by atoms with Crippen molar-refractivity contribution >= 4 is 38.9 Å². The number of rotatable bonds is 4. The summed E-state index contributed by atoms with van der Waals surface area (Å²) < 4.78 is 15.1. The summed E-state index contributed by atoms with van der Waals surface area (Å²) in [7, 11) is 0. The first-order valence-electron chi connectivity index (χ1n) is 6.78. The average molecular weight is 347 g/mol. The number of para-hydroxylation sites is 1. The molecule has 1 N–H and O–H groups in total. The SMILES string of the molecule is O=C(Cn1sc2cc([N+](=O)[O-])ccc2c1=O)Nc1ccccc1F. The van der Waals surface area contributed by atoms with E-state index in [2.05, 4.69) is 5.32 Å². The summed E-state index contributed by atoms with van der Waals surface area (Å²) in [6, 6.07) is 9.56. The maximum atomic E-state index is 13.5. The lowest BCUT2D eigenvalue weighted by atomic mass is 10.2. The van der Waals surface area contributed by atoms with Gasteiger partial charge in [-0.1, -0.05) is 23.7 Å². The van der Waals surface area contributed by atoms with Crippen molar-refractivity contribution in [2.24, 2.45) is 0 Å². The van der Waals surface area contributed by atoms with E-state index in [0.29, 0.717) is 10.1 Å². The van der Waals surface area contributed by atoms with Crippen molar-refractivity contribution in [2.75, 3.05) is 5.32 Å². The van der Waals surface area contributed by atoms with Crippen LogP contribution in [0.3, 0.4) is 0 Å². The maximum absolute atomic E-state index is 13.5. The standard InChI is InChI=1S/C15H10FN3O4S/c16-11-3-1-2-4-12(11)17-14(20)8-18-15(21)10-6-5-9(19(22)23)7-13(10)24-18/h1-7H,8H2,(H,17,20). The molecule has 0 saturated carbocycles. The lowest BCUT2D eigenvalue weighted by Crippen LogP contribution is -2.24. The monoisotopic (exact) mass is 347 g/mol. The predicted octanol–water partition coefficient (Wildman–Crippen LogP) is 2.75. The number of anilines is 1. The highest BCUT2D eigenvalue weighted by Crippen LogP contribution is 2.22. The number of carbonyl (C=O) groups is 1. The third-order valence-electron chi connectivity index (χ3n) is 3.28. The van der Waals surface area contributed by atoms with Crippen LogP contribution in [0.2, 0.25) is 0 Å². The number of hydrogen-bond acceptors (Lipinski definition) is 5. The number of benzene rings is 2. The van der Waals surface area contributed by atoms with Gasteiger partial charge in [0.25, 0.3) is 11.2 Å². The molecule has 0 atom stereocenters. The van der Waals surface area contributed by atoms with E-state index in [1.54, 1.807) is 6.07 Å². The zero-order valence-electron chi connectivity index (χ0n) is 12.1. The molecule has 3 rings (SSSR count). The second-order valence-corrected chi connectivity index (χ2v) is 5.96. The second-order valence-electron chi connectivity index (χ2n) is 4.90. The summed E-state index contributed by atoms with van der Waals surface area (Å²) in [6.07, 6.45) is 0. The van der Waals surface area contributed by atoms with E-state index < -0.39 is 22.2 Å². The van der Waals surface area contributed by atoms with Gasteiger partial charge in [-0.3, -0.25) is 23.7 Å². The molecule has 2 aromatic carbocycles. The molecule has 0 unspecified atom stereocenters. The van der Waals surface area contributed by atoms with Gasteiger partial charge in [0.05, 0.1) is 20.7 Å². The van der Waals surface area contributed by atoms with Gasteiger partial charge in [0.1, 0.15) is 12.4 Å². The molecule has 0 aliphatic carbocycles.